The second-order valence-corrected chi connectivity index (χ2v) is 9.14. The van der Waals surface area contributed by atoms with E-state index in [-0.39, 0.29) is 24.3 Å². The number of carbonyl (C=O) groups excluding carboxylic acids is 1. The lowest BCUT2D eigenvalue weighted by Gasteiger charge is -2.33. The van der Waals surface area contributed by atoms with Gasteiger partial charge in [0.2, 0.25) is 5.91 Å². The molecule has 3 fully saturated rings. The summed E-state index contributed by atoms with van der Waals surface area (Å²) in [6, 6.07) is 7.63. The topological polar surface area (TPSA) is 94.4 Å². The molecule has 1 amide bonds. The molecule has 2 bridgehead atoms. The summed E-state index contributed by atoms with van der Waals surface area (Å²) in [5, 5.41) is 8.45. The molecular formula is C24H28N6O3. The number of nitrogens with zero attached hydrogens (tertiary/aromatic N) is 5. The van der Waals surface area contributed by atoms with E-state index >= 15 is 0 Å². The lowest BCUT2D eigenvalue weighted by molar-refractivity contribution is -0.114. The van der Waals surface area contributed by atoms with Crippen LogP contribution in [0.5, 0.6) is 0 Å². The molecular weight excluding hydrogens is 420 g/mol. The Bertz CT molecular complexity index is 1160. The van der Waals surface area contributed by atoms with Crippen molar-refractivity contribution in [3.8, 4) is 11.4 Å². The van der Waals surface area contributed by atoms with Gasteiger partial charge in [0.15, 0.2) is 17.7 Å². The molecule has 0 radical (unpaired) electrons. The lowest BCUT2D eigenvalue weighted by atomic mass is 10.1. The molecule has 0 aliphatic carbocycles. The van der Waals surface area contributed by atoms with Gasteiger partial charge in [0, 0.05) is 37.9 Å². The highest BCUT2D eigenvalue weighted by Gasteiger charge is 2.35. The van der Waals surface area contributed by atoms with E-state index in [0.717, 1.165) is 79.9 Å². The Morgan fingerprint density at radius 2 is 1.85 bits per heavy atom. The summed E-state index contributed by atoms with van der Waals surface area (Å²) in [5.41, 5.74) is 2.44. The smallest absolute Gasteiger partial charge is 0.221 e. The monoisotopic (exact) mass is 448 g/mol. The fraction of sp³-hybridized carbons (Fsp3) is 0.500. The molecule has 3 aliphatic heterocycles. The average molecular weight is 449 g/mol. The number of benzene rings is 1. The fourth-order valence-corrected chi connectivity index (χ4v) is 5.10. The number of carbonyl (C=O) groups is 1. The van der Waals surface area contributed by atoms with Crippen molar-refractivity contribution in [1.29, 1.82) is 0 Å². The zero-order chi connectivity index (χ0) is 22.4. The number of rotatable bonds is 4. The average Bonchev–Trinajstić information content (AvgIpc) is 3.41. The Morgan fingerprint density at radius 3 is 2.55 bits per heavy atom. The minimum absolute atomic E-state index is 0.0963. The van der Waals surface area contributed by atoms with Gasteiger partial charge in [-0.15, -0.1) is 0 Å². The molecule has 3 aromatic rings. The van der Waals surface area contributed by atoms with Crippen LogP contribution in [-0.4, -0.2) is 57.6 Å². The van der Waals surface area contributed by atoms with Gasteiger partial charge < -0.3 is 19.7 Å². The second kappa shape index (κ2) is 8.39. The first-order chi connectivity index (χ1) is 16.1. The molecule has 9 heteroatoms. The Hall–Kier alpha value is -3.04. The van der Waals surface area contributed by atoms with Gasteiger partial charge in [-0.1, -0.05) is 0 Å². The van der Waals surface area contributed by atoms with Crippen molar-refractivity contribution in [2.45, 2.75) is 57.5 Å². The number of amides is 1. The predicted molar refractivity (Wildman–Crippen MR) is 124 cm³/mol. The Balaban J connectivity index is 1.44. The van der Waals surface area contributed by atoms with Crippen molar-refractivity contribution >= 4 is 28.4 Å². The van der Waals surface area contributed by atoms with Gasteiger partial charge in [-0.25, -0.2) is 14.6 Å². The third-order valence-corrected chi connectivity index (χ3v) is 6.67. The fourth-order valence-electron chi connectivity index (χ4n) is 5.10. The van der Waals surface area contributed by atoms with Crippen molar-refractivity contribution in [1.82, 2.24) is 19.7 Å². The third-order valence-electron chi connectivity index (χ3n) is 6.67. The van der Waals surface area contributed by atoms with Crippen molar-refractivity contribution in [2.75, 3.05) is 29.9 Å². The SMILES string of the molecule is CC(=O)Nc1ccc(-c2nc(N3CC4CCC(C3)O4)c3cnn(C4CCCCO4)c3n2)cc1. The van der Waals surface area contributed by atoms with Crippen LogP contribution in [0.15, 0.2) is 30.5 Å². The van der Waals surface area contributed by atoms with Crippen LogP contribution < -0.4 is 10.2 Å². The molecule has 3 saturated heterocycles. The summed E-state index contributed by atoms with van der Waals surface area (Å²) >= 11 is 0. The third kappa shape index (κ3) is 3.95. The van der Waals surface area contributed by atoms with E-state index in [2.05, 4.69) is 10.2 Å². The molecule has 0 saturated carbocycles. The minimum Gasteiger partial charge on any atom is -0.371 e. The number of hydrogen-bond acceptors (Lipinski definition) is 7. The zero-order valence-electron chi connectivity index (χ0n) is 18.7. The van der Waals surface area contributed by atoms with Gasteiger partial charge in [-0.05, 0) is 56.4 Å². The first-order valence-electron chi connectivity index (χ1n) is 11.8. The normalized spacial score (nSPS) is 24.9. The highest BCUT2D eigenvalue weighted by atomic mass is 16.5. The maximum Gasteiger partial charge on any atom is 0.221 e. The second-order valence-electron chi connectivity index (χ2n) is 9.14. The Kier molecular flexibility index (Phi) is 5.22. The van der Waals surface area contributed by atoms with Crippen LogP contribution in [-0.2, 0) is 14.3 Å². The van der Waals surface area contributed by atoms with E-state index in [1.165, 1.54) is 6.92 Å². The van der Waals surface area contributed by atoms with E-state index in [4.69, 9.17) is 24.5 Å². The molecule has 6 rings (SSSR count). The van der Waals surface area contributed by atoms with Crippen LogP contribution >= 0.6 is 0 Å². The number of hydrogen-bond donors (Lipinski definition) is 1. The lowest BCUT2D eigenvalue weighted by Crippen LogP contribution is -2.43. The van der Waals surface area contributed by atoms with E-state index in [0.29, 0.717) is 5.82 Å². The summed E-state index contributed by atoms with van der Waals surface area (Å²) in [7, 11) is 0. The molecule has 1 N–H and O–H groups in total. The summed E-state index contributed by atoms with van der Waals surface area (Å²) < 4.78 is 14.0. The van der Waals surface area contributed by atoms with Crippen molar-refractivity contribution in [3.05, 3.63) is 30.5 Å². The van der Waals surface area contributed by atoms with Gasteiger partial charge in [0.25, 0.3) is 0 Å². The molecule has 9 nitrogen and oxygen atoms in total. The molecule has 3 aliphatic rings. The number of morpholine rings is 1. The van der Waals surface area contributed by atoms with Crippen molar-refractivity contribution in [3.63, 3.8) is 0 Å². The van der Waals surface area contributed by atoms with E-state index in [1.807, 2.05) is 35.1 Å². The largest absolute Gasteiger partial charge is 0.371 e. The van der Waals surface area contributed by atoms with Gasteiger partial charge in [-0.2, -0.15) is 5.10 Å². The van der Waals surface area contributed by atoms with Crippen LogP contribution in [0, 0.1) is 0 Å². The van der Waals surface area contributed by atoms with Gasteiger partial charge in [-0.3, -0.25) is 4.79 Å². The molecule has 0 spiro atoms. The minimum atomic E-state index is -0.102. The van der Waals surface area contributed by atoms with Gasteiger partial charge >= 0.3 is 0 Å². The van der Waals surface area contributed by atoms with E-state index in [9.17, 15) is 4.79 Å². The maximum absolute atomic E-state index is 11.4. The van der Waals surface area contributed by atoms with E-state index < -0.39 is 0 Å². The summed E-state index contributed by atoms with van der Waals surface area (Å²) in [6.07, 6.45) is 7.62. The standard InChI is InChI=1S/C24H28N6O3/c1-15(31)26-17-7-5-16(6-8-17)22-27-23(29-13-18-9-10-19(14-29)33-18)20-12-25-30(24(20)28-22)21-4-2-3-11-32-21/h5-8,12,18-19,21H,2-4,9-11,13-14H2,1H3,(H,26,31). The van der Waals surface area contributed by atoms with Crippen LogP contribution in [0.2, 0.25) is 0 Å². The van der Waals surface area contributed by atoms with Gasteiger partial charge in [0.05, 0.1) is 23.8 Å². The van der Waals surface area contributed by atoms with Crippen LogP contribution in [0.25, 0.3) is 22.4 Å². The Labute approximate surface area is 192 Å². The molecule has 3 atom stereocenters. The van der Waals surface area contributed by atoms with Crippen LogP contribution in [0.3, 0.4) is 0 Å². The van der Waals surface area contributed by atoms with E-state index in [1.54, 1.807) is 0 Å². The van der Waals surface area contributed by atoms with Gasteiger partial charge in [0.1, 0.15) is 5.82 Å². The number of anilines is 2. The molecule has 3 unspecified atom stereocenters. The quantitative estimate of drug-likeness (QED) is 0.653. The predicted octanol–water partition coefficient (Wildman–Crippen LogP) is 3.52. The molecule has 33 heavy (non-hydrogen) atoms. The number of aromatic nitrogens is 4. The van der Waals surface area contributed by atoms with Crippen LogP contribution in [0.4, 0.5) is 11.5 Å². The molecule has 172 valence electrons. The zero-order valence-corrected chi connectivity index (χ0v) is 18.7. The number of fused-ring (bicyclic) bond motifs is 3. The highest BCUT2D eigenvalue weighted by Crippen LogP contribution is 2.35. The number of nitrogens with one attached hydrogen (secondary N) is 1. The summed E-state index contributed by atoms with van der Waals surface area (Å²) in [6.45, 7) is 3.90. The first kappa shape index (κ1) is 20.6. The van der Waals surface area contributed by atoms with Crippen molar-refractivity contribution < 1.29 is 14.3 Å². The first-order valence-corrected chi connectivity index (χ1v) is 11.8. The highest BCUT2D eigenvalue weighted by molar-refractivity contribution is 5.90. The van der Waals surface area contributed by atoms with Crippen LogP contribution in [0.1, 0.15) is 45.3 Å². The molecule has 1 aromatic carbocycles. The summed E-state index contributed by atoms with van der Waals surface area (Å²) in [4.78, 5) is 23.7. The Morgan fingerprint density at radius 1 is 1.06 bits per heavy atom. The summed E-state index contributed by atoms with van der Waals surface area (Å²) in [5.74, 6) is 1.45. The maximum atomic E-state index is 11.4. The number of ether oxygens (including phenoxy) is 2. The van der Waals surface area contributed by atoms with Crippen molar-refractivity contribution in [2.24, 2.45) is 0 Å². The molecule has 5 heterocycles. The molecule has 2 aromatic heterocycles.